The van der Waals surface area contributed by atoms with Crippen LogP contribution in [0, 0.1) is 5.82 Å². The summed E-state index contributed by atoms with van der Waals surface area (Å²) in [5, 5.41) is 7.05. The van der Waals surface area contributed by atoms with E-state index in [1.807, 2.05) is 11.1 Å². The van der Waals surface area contributed by atoms with Gasteiger partial charge >= 0.3 is 0 Å². The second-order valence-corrected chi connectivity index (χ2v) is 4.29. The molecule has 1 atom stereocenters. The van der Waals surface area contributed by atoms with Crippen molar-refractivity contribution in [2.24, 2.45) is 0 Å². The van der Waals surface area contributed by atoms with Gasteiger partial charge in [0.1, 0.15) is 0 Å². The Morgan fingerprint density at radius 1 is 1.35 bits per heavy atom. The number of fused-ring (bicyclic) bond motifs is 1. The van der Waals surface area contributed by atoms with Crippen molar-refractivity contribution < 1.29 is 4.39 Å². The summed E-state index contributed by atoms with van der Waals surface area (Å²) in [5.74, 6) is 0.489. The molecule has 0 bridgehead atoms. The minimum Gasteiger partial charge on any atom is -0.336 e. The maximum Gasteiger partial charge on any atom is 0.225 e. The van der Waals surface area contributed by atoms with Crippen molar-refractivity contribution in [3.8, 4) is 0 Å². The Morgan fingerprint density at radius 2 is 2.12 bits per heavy atom. The Bertz CT molecular complexity index is 521. The molecule has 0 amide bonds. The lowest BCUT2D eigenvalue weighted by Gasteiger charge is -2.30. The Hall–Kier alpha value is -1.98. The monoisotopic (exact) mass is 233 g/mol. The highest BCUT2D eigenvalue weighted by Gasteiger charge is 2.25. The molecule has 0 saturated carbocycles. The third-order valence-corrected chi connectivity index (χ3v) is 2.99. The van der Waals surface area contributed by atoms with Crippen LogP contribution in [0.5, 0.6) is 0 Å². The van der Waals surface area contributed by atoms with Crippen LogP contribution in [0.2, 0.25) is 0 Å². The number of hydrogen-bond acceptors (Lipinski definition) is 4. The molecule has 0 saturated heterocycles. The van der Waals surface area contributed by atoms with Crippen LogP contribution in [0.4, 0.5) is 10.3 Å². The summed E-state index contributed by atoms with van der Waals surface area (Å²) in [6, 6.07) is 0. The lowest BCUT2D eigenvalue weighted by molar-refractivity contribution is 0.594. The first-order valence-electron chi connectivity index (χ1n) is 5.48. The molecule has 17 heavy (non-hydrogen) atoms. The number of H-pyrrole nitrogens is 1. The molecule has 0 spiro atoms. The van der Waals surface area contributed by atoms with Crippen LogP contribution in [-0.2, 0) is 6.54 Å². The van der Waals surface area contributed by atoms with Gasteiger partial charge in [-0.3, -0.25) is 5.10 Å². The number of aromatic nitrogens is 4. The molecule has 0 fully saturated rings. The van der Waals surface area contributed by atoms with E-state index in [0.717, 1.165) is 12.1 Å². The summed E-state index contributed by atoms with van der Waals surface area (Å²) in [5.41, 5.74) is 2.32. The molecule has 88 valence electrons. The lowest BCUT2D eigenvalue weighted by atomic mass is 9.99. The van der Waals surface area contributed by atoms with E-state index in [1.54, 1.807) is 0 Å². The number of aromatic amines is 1. The van der Waals surface area contributed by atoms with E-state index >= 15 is 0 Å². The molecule has 0 unspecified atom stereocenters. The molecule has 0 radical (unpaired) electrons. The van der Waals surface area contributed by atoms with Crippen LogP contribution in [0.15, 0.2) is 18.6 Å². The molecular formula is C11H12FN5. The van der Waals surface area contributed by atoms with E-state index in [1.165, 1.54) is 18.1 Å². The van der Waals surface area contributed by atoms with Crippen molar-refractivity contribution in [3.63, 3.8) is 0 Å². The number of halogens is 1. The number of nitrogens with zero attached hydrogens (tertiary/aromatic N) is 4. The normalized spacial score (nSPS) is 19.2. The highest BCUT2D eigenvalue weighted by atomic mass is 19.1. The van der Waals surface area contributed by atoms with E-state index < -0.39 is 5.82 Å². The molecule has 3 rings (SSSR count). The van der Waals surface area contributed by atoms with Crippen molar-refractivity contribution >= 4 is 5.95 Å². The van der Waals surface area contributed by atoms with E-state index in [9.17, 15) is 4.39 Å². The summed E-state index contributed by atoms with van der Waals surface area (Å²) in [6.07, 6.45) is 4.21. The SMILES string of the molecule is C[C@@H]1CN(c2ncc(F)cn2)Cc2cn[nH]c21. The van der Waals surface area contributed by atoms with Gasteiger partial charge in [0.2, 0.25) is 5.95 Å². The van der Waals surface area contributed by atoms with Gasteiger partial charge in [-0.05, 0) is 0 Å². The van der Waals surface area contributed by atoms with Gasteiger partial charge < -0.3 is 4.90 Å². The fourth-order valence-electron chi connectivity index (χ4n) is 2.19. The predicted octanol–water partition coefficient (Wildman–Crippen LogP) is 1.46. The molecule has 0 aromatic carbocycles. The van der Waals surface area contributed by atoms with Gasteiger partial charge in [-0.25, -0.2) is 14.4 Å². The molecular weight excluding hydrogens is 221 g/mol. The van der Waals surface area contributed by atoms with Gasteiger partial charge in [0.25, 0.3) is 0 Å². The van der Waals surface area contributed by atoms with Crippen molar-refractivity contribution in [1.82, 2.24) is 20.2 Å². The maximum atomic E-state index is 12.8. The van der Waals surface area contributed by atoms with Crippen molar-refractivity contribution in [1.29, 1.82) is 0 Å². The molecule has 0 aliphatic carbocycles. The Labute approximate surface area is 97.7 Å². The maximum absolute atomic E-state index is 12.8. The quantitative estimate of drug-likeness (QED) is 0.810. The minimum atomic E-state index is -0.414. The third-order valence-electron chi connectivity index (χ3n) is 2.99. The molecule has 1 aliphatic heterocycles. The summed E-state index contributed by atoms with van der Waals surface area (Å²) >= 11 is 0. The van der Waals surface area contributed by atoms with Crippen LogP contribution < -0.4 is 4.90 Å². The summed E-state index contributed by atoms with van der Waals surface area (Å²) in [4.78, 5) is 10.0. The average Bonchev–Trinajstić information content (AvgIpc) is 2.78. The van der Waals surface area contributed by atoms with E-state index in [4.69, 9.17) is 0 Å². The smallest absolute Gasteiger partial charge is 0.225 e. The van der Waals surface area contributed by atoms with Gasteiger partial charge in [-0.15, -0.1) is 0 Å². The Balaban J connectivity index is 1.90. The average molecular weight is 233 g/mol. The first kappa shape index (κ1) is 10.2. The Kier molecular flexibility index (Phi) is 2.28. The van der Waals surface area contributed by atoms with Crippen molar-refractivity contribution in [3.05, 3.63) is 35.7 Å². The van der Waals surface area contributed by atoms with Crippen molar-refractivity contribution in [2.45, 2.75) is 19.4 Å². The van der Waals surface area contributed by atoms with Gasteiger partial charge in [0.15, 0.2) is 5.82 Å². The van der Waals surface area contributed by atoms with Gasteiger partial charge in [0.05, 0.1) is 18.6 Å². The van der Waals surface area contributed by atoms with Crippen LogP contribution in [0.1, 0.15) is 24.1 Å². The molecule has 3 heterocycles. The van der Waals surface area contributed by atoms with Crippen molar-refractivity contribution in [2.75, 3.05) is 11.4 Å². The molecule has 2 aromatic rings. The second kappa shape index (κ2) is 3.80. The summed E-state index contributed by atoms with van der Waals surface area (Å²) < 4.78 is 12.8. The lowest BCUT2D eigenvalue weighted by Crippen LogP contribution is -2.33. The van der Waals surface area contributed by atoms with Crippen LogP contribution in [-0.4, -0.2) is 26.7 Å². The number of rotatable bonds is 1. The van der Waals surface area contributed by atoms with E-state index in [2.05, 4.69) is 27.1 Å². The standard InChI is InChI=1S/C11H12FN5/c1-7-5-17(6-8-2-15-16-10(7)8)11-13-3-9(12)4-14-11/h2-4,7H,5-6H2,1H3,(H,15,16)/t7-/m1/s1. The molecule has 5 nitrogen and oxygen atoms in total. The van der Waals surface area contributed by atoms with Crippen LogP contribution in [0.3, 0.4) is 0 Å². The highest BCUT2D eigenvalue weighted by molar-refractivity contribution is 5.37. The number of hydrogen-bond donors (Lipinski definition) is 1. The van der Waals surface area contributed by atoms with Gasteiger partial charge in [-0.1, -0.05) is 6.92 Å². The van der Waals surface area contributed by atoms with Gasteiger partial charge in [0, 0.05) is 30.3 Å². The molecule has 1 aliphatic rings. The summed E-state index contributed by atoms with van der Waals surface area (Å²) in [7, 11) is 0. The predicted molar refractivity (Wildman–Crippen MR) is 60.0 cm³/mol. The minimum absolute atomic E-state index is 0.343. The number of nitrogens with one attached hydrogen (secondary N) is 1. The zero-order chi connectivity index (χ0) is 11.8. The second-order valence-electron chi connectivity index (χ2n) is 4.29. The number of anilines is 1. The van der Waals surface area contributed by atoms with Crippen LogP contribution in [0.25, 0.3) is 0 Å². The highest BCUT2D eigenvalue weighted by Crippen LogP contribution is 2.27. The first-order valence-corrected chi connectivity index (χ1v) is 5.48. The fraction of sp³-hybridized carbons (Fsp3) is 0.364. The molecule has 6 heteroatoms. The zero-order valence-electron chi connectivity index (χ0n) is 9.39. The third kappa shape index (κ3) is 1.75. The van der Waals surface area contributed by atoms with Crippen LogP contribution >= 0.6 is 0 Å². The van der Waals surface area contributed by atoms with E-state index in [0.29, 0.717) is 18.4 Å². The Morgan fingerprint density at radius 3 is 2.88 bits per heavy atom. The van der Waals surface area contributed by atoms with E-state index in [-0.39, 0.29) is 0 Å². The molecule has 2 aromatic heterocycles. The largest absolute Gasteiger partial charge is 0.336 e. The topological polar surface area (TPSA) is 57.7 Å². The fourth-order valence-corrected chi connectivity index (χ4v) is 2.19. The summed E-state index contributed by atoms with van der Waals surface area (Å²) in [6.45, 7) is 3.63. The first-order chi connectivity index (χ1) is 8.24. The zero-order valence-corrected chi connectivity index (χ0v) is 9.39. The molecule has 1 N–H and O–H groups in total. The van der Waals surface area contributed by atoms with Gasteiger partial charge in [-0.2, -0.15) is 5.10 Å².